The number of hydrogen-bond acceptors (Lipinski definition) is 3. The smallest absolute Gasteiger partial charge is 0.265 e. The molecule has 1 aromatic carbocycles. The predicted molar refractivity (Wildman–Crippen MR) is 54.5 cm³/mol. The van der Waals surface area contributed by atoms with Crippen LogP contribution in [0.4, 0.5) is 0 Å². The normalized spacial score (nSPS) is 9.64. The van der Waals surface area contributed by atoms with Crippen LogP contribution in [-0.4, -0.2) is 20.1 Å². The highest BCUT2D eigenvalue weighted by Gasteiger charge is 2.07. The highest BCUT2D eigenvalue weighted by atomic mass is 35.5. The number of nitrogens with one attached hydrogen (secondary N) is 2. The minimum absolute atomic E-state index is 0.239. The van der Waals surface area contributed by atoms with Crippen molar-refractivity contribution in [3.8, 4) is 5.75 Å². The molecule has 0 fully saturated rings. The summed E-state index contributed by atoms with van der Waals surface area (Å²) < 4.78 is 4.96. The number of methoxy groups -OCH3 is 1. The number of hydrazine groups is 1. The fraction of sp³-hybridized carbons (Fsp3) is 0.222. The molecular weight excluding hydrogens is 204 g/mol. The van der Waals surface area contributed by atoms with Crippen LogP contribution in [0.15, 0.2) is 18.2 Å². The van der Waals surface area contributed by atoms with E-state index in [9.17, 15) is 4.79 Å². The molecule has 0 bridgehead atoms. The third-order valence-corrected chi connectivity index (χ3v) is 1.95. The number of rotatable bonds is 3. The molecule has 14 heavy (non-hydrogen) atoms. The van der Waals surface area contributed by atoms with Crippen LogP contribution < -0.4 is 15.6 Å². The van der Waals surface area contributed by atoms with E-state index in [0.717, 1.165) is 0 Å². The molecule has 0 heterocycles. The molecule has 0 aliphatic heterocycles. The zero-order valence-corrected chi connectivity index (χ0v) is 8.68. The number of carbonyl (C=O) groups excluding carboxylic acids is 1. The average molecular weight is 215 g/mol. The first-order chi connectivity index (χ1) is 6.69. The monoisotopic (exact) mass is 214 g/mol. The van der Waals surface area contributed by atoms with Crippen LogP contribution in [0, 0.1) is 0 Å². The average Bonchev–Trinajstić information content (AvgIpc) is 2.18. The maximum absolute atomic E-state index is 11.3. The Morgan fingerprint density at radius 3 is 2.71 bits per heavy atom. The third kappa shape index (κ3) is 2.37. The molecule has 5 heteroatoms. The maximum Gasteiger partial charge on any atom is 0.265 e. The van der Waals surface area contributed by atoms with Crippen LogP contribution in [0.25, 0.3) is 0 Å². The van der Waals surface area contributed by atoms with Crippen molar-refractivity contribution >= 4 is 17.5 Å². The number of ether oxygens (including phenoxy) is 1. The van der Waals surface area contributed by atoms with Gasteiger partial charge in [-0.05, 0) is 18.2 Å². The van der Waals surface area contributed by atoms with Crippen molar-refractivity contribution in [1.29, 1.82) is 0 Å². The quantitative estimate of drug-likeness (QED) is 0.744. The van der Waals surface area contributed by atoms with Crippen molar-refractivity contribution in [1.82, 2.24) is 10.9 Å². The minimum Gasteiger partial charge on any atom is -0.495 e. The van der Waals surface area contributed by atoms with Gasteiger partial charge in [0.25, 0.3) is 5.91 Å². The number of benzene rings is 1. The van der Waals surface area contributed by atoms with Crippen LogP contribution in [0.1, 0.15) is 10.4 Å². The molecular formula is C9H11ClN2O2. The SMILES string of the molecule is CNNC(=O)c1ccc(OC)c(Cl)c1. The lowest BCUT2D eigenvalue weighted by Gasteiger charge is -2.06. The van der Waals surface area contributed by atoms with E-state index < -0.39 is 0 Å². The van der Waals surface area contributed by atoms with Gasteiger partial charge in [-0.25, -0.2) is 5.43 Å². The topological polar surface area (TPSA) is 50.4 Å². The standard InChI is InChI=1S/C9H11ClN2O2/c1-11-12-9(13)6-3-4-8(14-2)7(10)5-6/h3-5,11H,1-2H3,(H,12,13). The van der Waals surface area contributed by atoms with Crippen LogP contribution >= 0.6 is 11.6 Å². The lowest BCUT2D eigenvalue weighted by molar-refractivity contribution is 0.0938. The van der Waals surface area contributed by atoms with Gasteiger partial charge in [-0.3, -0.25) is 10.2 Å². The predicted octanol–water partition coefficient (Wildman–Crippen LogP) is 1.21. The van der Waals surface area contributed by atoms with Gasteiger partial charge in [0, 0.05) is 12.6 Å². The van der Waals surface area contributed by atoms with Crippen molar-refractivity contribution in [3.05, 3.63) is 28.8 Å². The van der Waals surface area contributed by atoms with E-state index in [0.29, 0.717) is 16.3 Å². The number of carbonyl (C=O) groups is 1. The van der Waals surface area contributed by atoms with Gasteiger partial charge < -0.3 is 4.74 Å². The number of halogens is 1. The van der Waals surface area contributed by atoms with Gasteiger partial charge in [-0.1, -0.05) is 11.6 Å². The van der Waals surface area contributed by atoms with E-state index in [1.807, 2.05) is 0 Å². The summed E-state index contributed by atoms with van der Waals surface area (Å²) >= 11 is 5.85. The Labute approximate surface area is 87.2 Å². The Kier molecular flexibility index (Phi) is 3.73. The Morgan fingerprint density at radius 2 is 2.21 bits per heavy atom. The molecule has 1 amide bonds. The second-order valence-corrected chi connectivity index (χ2v) is 2.96. The Morgan fingerprint density at radius 1 is 1.50 bits per heavy atom. The van der Waals surface area contributed by atoms with Crippen molar-refractivity contribution < 1.29 is 9.53 Å². The van der Waals surface area contributed by atoms with Crippen molar-refractivity contribution in [2.75, 3.05) is 14.2 Å². The Bertz CT molecular complexity index is 342. The first kappa shape index (κ1) is 10.8. The third-order valence-electron chi connectivity index (χ3n) is 1.65. The summed E-state index contributed by atoms with van der Waals surface area (Å²) in [6, 6.07) is 4.83. The van der Waals surface area contributed by atoms with E-state index in [2.05, 4.69) is 10.9 Å². The fourth-order valence-electron chi connectivity index (χ4n) is 0.993. The van der Waals surface area contributed by atoms with Gasteiger partial charge in [0.2, 0.25) is 0 Å². The molecule has 0 spiro atoms. The van der Waals surface area contributed by atoms with Crippen molar-refractivity contribution in [2.45, 2.75) is 0 Å². The molecule has 76 valence electrons. The van der Waals surface area contributed by atoms with Gasteiger partial charge >= 0.3 is 0 Å². The summed E-state index contributed by atoms with van der Waals surface area (Å²) in [5.74, 6) is 0.310. The van der Waals surface area contributed by atoms with Gasteiger partial charge in [0.05, 0.1) is 12.1 Å². The molecule has 1 aromatic rings. The summed E-state index contributed by atoms with van der Waals surface area (Å²) in [7, 11) is 3.14. The lowest BCUT2D eigenvalue weighted by Crippen LogP contribution is -2.34. The zero-order valence-electron chi connectivity index (χ0n) is 7.93. The van der Waals surface area contributed by atoms with Gasteiger partial charge in [0.15, 0.2) is 0 Å². The van der Waals surface area contributed by atoms with E-state index in [1.54, 1.807) is 25.2 Å². The van der Waals surface area contributed by atoms with E-state index in [-0.39, 0.29) is 5.91 Å². The molecule has 0 aliphatic carbocycles. The van der Waals surface area contributed by atoms with Crippen LogP contribution in [0.3, 0.4) is 0 Å². The van der Waals surface area contributed by atoms with Gasteiger partial charge in [0.1, 0.15) is 5.75 Å². The molecule has 2 N–H and O–H groups in total. The highest BCUT2D eigenvalue weighted by molar-refractivity contribution is 6.32. The molecule has 0 aliphatic rings. The molecule has 0 atom stereocenters. The Balaban J connectivity index is 2.91. The molecule has 1 rings (SSSR count). The van der Waals surface area contributed by atoms with Gasteiger partial charge in [-0.2, -0.15) is 0 Å². The summed E-state index contributed by atoms with van der Waals surface area (Å²) in [6.45, 7) is 0. The first-order valence-electron chi connectivity index (χ1n) is 3.99. The summed E-state index contributed by atoms with van der Waals surface area (Å²) in [4.78, 5) is 11.3. The summed E-state index contributed by atoms with van der Waals surface area (Å²) in [5, 5.41) is 0.413. The Hall–Kier alpha value is -1.26. The van der Waals surface area contributed by atoms with E-state index in [1.165, 1.54) is 7.11 Å². The summed E-state index contributed by atoms with van der Waals surface area (Å²) in [6.07, 6.45) is 0. The molecule has 0 radical (unpaired) electrons. The first-order valence-corrected chi connectivity index (χ1v) is 4.37. The summed E-state index contributed by atoms with van der Waals surface area (Å²) in [5.41, 5.74) is 5.46. The number of hydrogen-bond donors (Lipinski definition) is 2. The van der Waals surface area contributed by atoms with E-state index >= 15 is 0 Å². The van der Waals surface area contributed by atoms with Crippen LogP contribution in [-0.2, 0) is 0 Å². The maximum atomic E-state index is 11.3. The second-order valence-electron chi connectivity index (χ2n) is 2.55. The van der Waals surface area contributed by atoms with Crippen molar-refractivity contribution in [3.63, 3.8) is 0 Å². The molecule has 4 nitrogen and oxygen atoms in total. The lowest BCUT2D eigenvalue weighted by atomic mass is 10.2. The van der Waals surface area contributed by atoms with E-state index in [4.69, 9.17) is 16.3 Å². The molecule has 0 unspecified atom stereocenters. The fourth-order valence-corrected chi connectivity index (χ4v) is 1.25. The largest absolute Gasteiger partial charge is 0.495 e. The molecule has 0 saturated heterocycles. The van der Waals surface area contributed by atoms with Crippen molar-refractivity contribution in [2.24, 2.45) is 0 Å². The van der Waals surface area contributed by atoms with Crippen LogP contribution in [0.2, 0.25) is 5.02 Å². The highest BCUT2D eigenvalue weighted by Crippen LogP contribution is 2.24. The van der Waals surface area contributed by atoms with Crippen LogP contribution in [0.5, 0.6) is 5.75 Å². The molecule has 0 saturated carbocycles. The van der Waals surface area contributed by atoms with Gasteiger partial charge in [-0.15, -0.1) is 0 Å². The number of amides is 1. The zero-order chi connectivity index (χ0) is 10.6. The minimum atomic E-state index is -0.239. The second kappa shape index (κ2) is 4.83. The molecule has 0 aromatic heterocycles.